The quantitative estimate of drug-likeness (QED) is 0.634. The Bertz CT molecular complexity index is 178. The summed E-state index contributed by atoms with van der Waals surface area (Å²) < 4.78 is 27.0. The summed E-state index contributed by atoms with van der Waals surface area (Å²) >= 11 is 0. The minimum atomic E-state index is -1.03. The standard InChI is InChI=1S/C10H20O5/c1-5-13-9(11-3)7-8-10(12-4,15-9)14-6-2/h5-8H2,1-4H3. The molecule has 0 aromatic rings. The largest absolute Gasteiger partial charge is 0.331 e. The van der Waals surface area contributed by atoms with Crippen LogP contribution in [0, 0.1) is 0 Å². The van der Waals surface area contributed by atoms with E-state index in [2.05, 4.69) is 0 Å². The first-order valence-corrected chi connectivity index (χ1v) is 5.24. The molecule has 1 aliphatic heterocycles. The molecule has 0 aromatic heterocycles. The van der Waals surface area contributed by atoms with Crippen molar-refractivity contribution in [3.05, 3.63) is 0 Å². The fourth-order valence-corrected chi connectivity index (χ4v) is 1.69. The lowest BCUT2D eigenvalue weighted by Gasteiger charge is -2.31. The van der Waals surface area contributed by atoms with Gasteiger partial charge in [-0.2, -0.15) is 0 Å². The Kier molecular flexibility index (Phi) is 4.48. The highest BCUT2D eigenvalue weighted by atomic mass is 17.0. The van der Waals surface area contributed by atoms with Gasteiger partial charge in [0.1, 0.15) is 0 Å². The predicted molar refractivity (Wildman–Crippen MR) is 53.1 cm³/mol. The SMILES string of the molecule is CCOC1(OC)CCC(OC)(OCC)O1. The minimum absolute atomic E-state index is 0.514. The van der Waals surface area contributed by atoms with Crippen LogP contribution in [-0.4, -0.2) is 39.4 Å². The molecule has 1 heterocycles. The maximum absolute atomic E-state index is 5.63. The molecule has 2 unspecified atom stereocenters. The molecule has 0 aromatic carbocycles. The van der Waals surface area contributed by atoms with Gasteiger partial charge in [0.25, 0.3) is 11.9 Å². The zero-order chi connectivity index (χ0) is 11.4. The minimum Gasteiger partial charge on any atom is -0.331 e. The molecule has 5 nitrogen and oxygen atoms in total. The molecule has 0 N–H and O–H groups in total. The highest BCUT2D eigenvalue weighted by molar-refractivity contribution is 4.74. The van der Waals surface area contributed by atoms with Crippen LogP contribution in [-0.2, 0) is 23.7 Å². The molecule has 1 fully saturated rings. The van der Waals surface area contributed by atoms with Gasteiger partial charge in [0, 0.05) is 40.3 Å². The first kappa shape index (κ1) is 12.9. The summed E-state index contributed by atoms with van der Waals surface area (Å²) in [5, 5.41) is 0. The second-order valence-electron chi connectivity index (χ2n) is 3.24. The van der Waals surface area contributed by atoms with E-state index in [0.29, 0.717) is 26.1 Å². The second-order valence-corrected chi connectivity index (χ2v) is 3.24. The van der Waals surface area contributed by atoms with Gasteiger partial charge in [-0.25, -0.2) is 0 Å². The zero-order valence-corrected chi connectivity index (χ0v) is 9.87. The Morgan fingerprint density at radius 3 is 1.60 bits per heavy atom. The molecular formula is C10H20O5. The lowest BCUT2D eigenvalue weighted by Crippen LogP contribution is -2.42. The number of ether oxygens (including phenoxy) is 5. The third kappa shape index (κ3) is 2.68. The Morgan fingerprint density at radius 1 is 0.933 bits per heavy atom. The van der Waals surface area contributed by atoms with Crippen molar-refractivity contribution in [2.24, 2.45) is 0 Å². The first-order chi connectivity index (χ1) is 7.16. The number of rotatable bonds is 6. The normalized spacial score (nSPS) is 36.0. The second kappa shape index (κ2) is 5.23. The summed E-state index contributed by atoms with van der Waals surface area (Å²) in [5.41, 5.74) is 0. The van der Waals surface area contributed by atoms with E-state index in [1.165, 1.54) is 0 Å². The van der Waals surface area contributed by atoms with Crippen LogP contribution in [0.4, 0.5) is 0 Å². The molecule has 15 heavy (non-hydrogen) atoms. The maximum atomic E-state index is 5.63. The Labute approximate surface area is 90.6 Å². The Hall–Kier alpha value is -0.200. The highest BCUT2D eigenvalue weighted by Crippen LogP contribution is 2.40. The molecule has 90 valence electrons. The van der Waals surface area contributed by atoms with Crippen molar-refractivity contribution in [2.75, 3.05) is 27.4 Å². The lowest BCUT2D eigenvalue weighted by molar-refractivity contribution is -0.459. The van der Waals surface area contributed by atoms with Gasteiger partial charge in [0.15, 0.2) is 0 Å². The zero-order valence-electron chi connectivity index (χ0n) is 9.87. The van der Waals surface area contributed by atoms with E-state index in [1.807, 2.05) is 13.8 Å². The van der Waals surface area contributed by atoms with Crippen LogP contribution in [0.25, 0.3) is 0 Å². The average Bonchev–Trinajstić information content (AvgIpc) is 2.61. The number of hydrogen-bond donors (Lipinski definition) is 0. The summed E-state index contributed by atoms with van der Waals surface area (Å²) in [6.45, 7) is 4.80. The first-order valence-electron chi connectivity index (χ1n) is 5.24. The van der Waals surface area contributed by atoms with Crippen molar-refractivity contribution in [3.63, 3.8) is 0 Å². The molecule has 0 spiro atoms. The molecular weight excluding hydrogens is 200 g/mol. The van der Waals surface area contributed by atoms with Crippen LogP contribution in [0.2, 0.25) is 0 Å². The van der Waals surface area contributed by atoms with Crippen LogP contribution in [0.3, 0.4) is 0 Å². The lowest BCUT2D eigenvalue weighted by atomic mass is 10.3. The Balaban J connectivity index is 2.68. The summed E-state index contributed by atoms with van der Waals surface area (Å²) in [6, 6.07) is 0. The van der Waals surface area contributed by atoms with Crippen LogP contribution >= 0.6 is 0 Å². The third-order valence-electron chi connectivity index (χ3n) is 2.40. The van der Waals surface area contributed by atoms with Crippen LogP contribution in [0.5, 0.6) is 0 Å². The fraction of sp³-hybridized carbons (Fsp3) is 1.00. The molecule has 5 heteroatoms. The molecule has 1 aliphatic rings. The van der Waals surface area contributed by atoms with Gasteiger partial charge in [-0.3, -0.25) is 4.74 Å². The molecule has 2 atom stereocenters. The van der Waals surface area contributed by atoms with Crippen molar-refractivity contribution in [1.82, 2.24) is 0 Å². The van der Waals surface area contributed by atoms with Crippen molar-refractivity contribution < 1.29 is 23.7 Å². The molecule has 0 aliphatic carbocycles. The molecule has 0 saturated carbocycles. The highest BCUT2D eigenvalue weighted by Gasteiger charge is 2.52. The van der Waals surface area contributed by atoms with Crippen molar-refractivity contribution in [2.45, 2.75) is 38.6 Å². The molecule has 0 bridgehead atoms. The van der Waals surface area contributed by atoms with Gasteiger partial charge in [-0.1, -0.05) is 0 Å². The van der Waals surface area contributed by atoms with Crippen LogP contribution in [0.15, 0.2) is 0 Å². The number of methoxy groups -OCH3 is 2. The van der Waals surface area contributed by atoms with E-state index < -0.39 is 11.9 Å². The topological polar surface area (TPSA) is 46.2 Å². The van der Waals surface area contributed by atoms with E-state index >= 15 is 0 Å². The van der Waals surface area contributed by atoms with E-state index in [0.717, 1.165) is 0 Å². The van der Waals surface area contributed by atoms with Gasteiger partial charge >= 0.3 is 0 Å². The summed E-state index contributed by atoms with van der Waals surface area (Å²) in [5.74, 6) is -2.06. The maximum Gasteiger partial charge on any atom is 0.287 e. The summed E-state index contributed by atoms with van der Waals surface area (Å²) in [7, 11) is 3.10. The van der Waals surface area contributed by atoms with Crippen molar-refractivity contribution in [3.8, 4) is 0 Å². The van der Waals surface area contributed by atoms with Gasteiger partial charge in [-0.05, 0) is 13.8 Å². The predicted octanol–water partition coefficient (Wildman–Crippen LogP) is 1.47. The van der Waals surface area contributed by atoms with E-state index in [9.17, 15) is 0 Å². The van der Waals surface area contributed by atoms with E-state index in [-0.39, 0.29) is 0 Å². The van der Waals surface area contributed by atoms with Crippen molar-refractivity contribution in [1.29, 1.82) is 0 Å². The third-order valence-corrected chi connectivity index (χ3v) is 2.40. The Morgan fingerprint density at radius 2 is 1.33 bits per heavy atom. The van der Waals surface area contributed by atoms with E-state index in [4.69, 9.17) is 23.7 Å². The molecule has 1 rings (SSSR count). The van der Waals surface area contributed by atoms with E-state index in [1.54, 1.807) is 14.2 Å². The van der Waals surface area contributed by atoms with Crippen LogP contribution < -0.4 is 0 Å². The van der Waals surface area contributed by atoms with Crippen molar-refractivity contribution >= 4 is 0 Å². The van der Waals surface area contributed by atoms with Gasteiger partial charge in [-0.15, -0.1) is 0 Å². The van der Waals surface area contributed by atoms with Gasteiger partial charge < -0.3 is 18.9 Å². The molecule has 1 saturated heterocycles. The molecule has 0 radical (unpaired) electrons. The summed E-state index contributed by atoms with van der Waals surface area (Å²) in [4.78, 5) is 0. The fourth-order valence-electron chi connectivity index (χ4n) is 1.69. The average molecular weight is 220 g/mol. The van der Waals surface area contributed by atoms with Gasteiger partial charge in [0.2, 0.25) is 0 Å². The smallest absolute Gasteiger partial charge is 0.287 e. The number of hydrogen-bond acceptors (Lipinski definition) is 5. The van der Waals surface area contributed by atoms with Gasteiger partial charge in [0.05, 0.1) is 0 Å². The molecule has 0 amide bonds. The van der Waals surface area contributed by atoms with Crippen LogP contribution in [0.1, 0.15) is 26.7 Å². The summed E-state index contributed by atoms with van der Waals surface area (Å²) in [6.07, 6.45) is 1.18. The monoisotopic (exact) mass is 220 g/mol.